The van der Waals surface area contributed by atoms with Crippen LogP contribution >= 0.6 is 11.8 Å². The number of nitrogens with zero attached hydrogens (tertiary/aromatic N) is 6. The van der Waals surface area contributed by atoms with Gasteiger partial charge < -0.3 is 25.5 Å². The monoisotopic (exact) mass is 430 g/mol. The van der Waals surface area contributed by atoms with E-state index < -0.39 is 6.09 Å². The summed E-state index contributed by atoms with van der Waals surface area (Å²) in [5.41, 5.74) is 0.967. The van der Waals surface area contributed by atoms with E-state index in [1.165, 1.54) is 29.5 Å². The molecule has 0 radical (unpaired) electrons. The van der Waals surface area contributed by atoms with Gasteiger partial charge in [-0.25, -0.2) is 9.78 Å². The molecule has 10 nitrogen and oxygen atoms in total. The first kappa shape index (κ1) is 20.5. The number of carbonyl (C=O) groups is 1. The number of pyridine rings is 1. The summed E-state index contributed by atoms with van der Waals surface area (Å²) >= 11 is 1.47. The molecular weight excluding hydrogens is 404 g/mol. The zero-order valence-corrected chi connectivity index (χ0v) is 17.7. The van der Waals surface area contributed by atoms with Crippen molar-refractivity contribution in [2.45, 2.75) is 36.9 Å². The number of aromatic nitrogens is 4. The molecule has 0 unspecified atom stereocenters. The molecular formula is C19H26N8O2S. The number of nitrogens with one attached hydrogen (secondary N) is 2. The van der Waals surface area contributed by atoms with Crippen LogP contribution in [0.3, 0.4) is 0 Å². The molecule has 1 aliphatic carbocycles. The quantitative estimate of drug-likeness (QED) is 0.590. The van der Waals surface area contributed by atoms with Crippen LogP contribution in [0.2, 0.25) is 0 Å². The molecule has 2 aromatic rings. The van der Waals surface area contributed by atoms with E-state index in [1.54, 1.807) is 6.20 Å². The molecule has 0 aromatic carbocycles. The van der Waals surface area contributed by atoms with E-state index >= 15 is 0 Å². The Labute approximate surface area is 179 Å². The minimum absolute atomic E-state index is 0.425. The molecule has 2 aliphatic rings. The second kappa shape index (κ2) is 9.33. The average Bonchev–Trinajstić information content (AvgIpc) is 3.27. The van der Waals surface area contributed by atoms with Gasteiger partial charge in [-0.1, -0.05) is 24.6 Å². The predicted molar refractivity (Wildman–Crippen MR) is 117 cm³/mol. The Bertz CT molecular complexity index is 867. The first-order valence-corrected chi connectivity index (χ1v) is 11.4. The van der Waals surface area contributed by atoms with Crippen molar-refractivity contribution in [3.05, 3.63) is 18.3 Å². The van der Waals surface area contributed by atoms with Crippen LogP contribution in [0.1, 0.15) is 25.7 Å². The van der Waals surface area contributed by atoms with E-state index in [9.17, 15) is 4.79 Å². The Balaban J connectivity index is 1.41. The van der Waals surface area contributed by atoms with E-state index in [1.807, 2.05) is 18.4 Å². The van der Waals surface area contributed by atoms with Crippen LogP contribution in [0.25, 0.3) is 0 Å². The largest absolute Gasteiger partial charge is 0.465 e. The van der Waals surface area contributed by atoms with Crippen LogP contribution in [0.5, 0.6) is 0 Å². The topological polar surface area (TPSA) is 119 Å². The second-order valence-corrected chi connectivity index (χ2v) is 8.15. The number of hydrogen-bond acceptors (Lipinski definition) is 9. The van der Waals surface area contributed by atoms with E-state index in [4.69, 9.17) is 5.11 Å². The molecule has 2 aromatic heterocycles. The molecule has 2 fully saturated rings. The minimum Gasteiger partial charge on any atom is -0.465 e. The Morgan fingerprint density at radius 2 is 1.83 bits per heavy atom. The maximum absolute atomic E-state index is 11.0. The van der Waals surface area contributed by atoms with Crippen molar-refractivity contribution >= 4 is 41.3 Å². The van der Waals surface area contributed by atoms with Gasteiger partial charge in [0.1, 0.15) is 5.82 Å². The lowest BCUT2D eigenvalue weighted by Gasteiger charge is -2.34. The van der Waals surface area contributed by atoms with Gasteiger partial charge in [0.25, 0.3) is 0 Å². The molecule has 0 bridgehead atoms. The van der Waals surface area contributed by atoms with Crippen molar-refractivity contribution in [2.24, 2.45) is 0 Å². The van der Waals surface area contributed by atoms with Crippen molar-refractivity contribution in [2.75, 3.05) is 48.0 Å². The summed E-state index contributed by atoms with van der Waals surface area (Å²) in [5, 5.41) is 16.3. The van der Waals surface area contributed by atoms with Crippen molar-refractivity contribution < 1.29 is 9.90 Å². The fourth-order valence-corrected chi connectivity index (χ4v) is 4.09. The standard InChI is InChI=1S/C19H26N8O2S/c1-30-18-24-16(21-13-4-2-3-5-13)23-17(25-18)22-15-7-6-14(12-20-15)26-8-10-27(11-9-26)19(28)29/h6-7,12-13H,2-5,8-11H2,1H3,(H,28,29)(H2,20,21,22,23,24,25). The van der Waals surface area contributed by atoms with Crippen LogP contribution in [0.4, 0.5) is 28.2 Å². The lowest BCUT2D eigenvalue weighted by atomic mass is 10.3. The molecule has 160 valence electrons. The fraction of sp³-hybridized carbons (Fsp3) is 0.526. The van der Waals surface area contributed by atoms with Crippen LogP contribution in [0.15, 0.2) is 23.5 Å². The lowest BCUT2D eigenvalue weighted by molar-refractivity contribution is 0.142. The van der Waals surface area contributed by atoms with Crippen LogP contribution < -0.4 is 15.5 Å². The van der Waals surface area contributed by atoms with Crippen molar-refractivity contribution in [1.82, 2.24) is 24.8 Å². The normalized spacial score (nSPS) is 17.2. The van der Waals surface area contributed by atoms with Gasteiger partial charge in [0.15, 0.2) is 5.16 Å². The summed E-state index contributed by atoms with van der Waals surface area (Å²) in [6, 6.07) is 4.28. The highest BCUT2D eigenvalue weighted by Crippen LogP contribution is 2.23. The molecule has 1 saturated heterocycles. The number of piperazine rings is 1. The number of carboxylic acid groups (broad SMARTS) is 1. The third kappa shape index (κ3) is 5.02. The molecule has 30 heavy (non-hydrogen) atoms. The van der Waals surface area contributed by atoms with Crippen molar-refractivity contribution in [1.29, 1.82) is 0 Å². The van der Waals surface area contributed by atoms with E-state index in [0.717, 1.165) is 18.5 Å². The Hall–Kier alpha value is -2.82. The zero-order chi connectivity index (χ0) is 20.9. The van der Waals surface area contributed by atoms with Gasteiger partial charge >= 0.3 is 6.09 Å². The van der Waals surface area contributed by atoms with Crippen LogP contribution in [-0.4, -0.2) is 74.5 Å². The predicted octanol–water partition coefficient (Wildman–Crippen LogP) is 2.89. The summed E-state index contributed by atoms with van der Waals surface area (Å²) in [6.45, 7) is 2.30. The van der Waals surface area contributed by atoms with Gasteiger partial charge in [-0.3, -0.25) is 0 Å². The van der Waals surface area contributed by atoms with Gasteiger partial charge in [-0.05, 0) is 31.2 Å². The second-order valence-electron chi connectivity index (χ2n) is 7.38. The van der Waals surface area contributed by atoms with Crippen molar-refractivity contribution in [3.8, 4) is 0 Å². The number of hydrogen-bond donors (Lipinski definition) is 3. The SMILES string of the molecule is CSc1nc(Nc2ccc(N3CCN(C(=O)O)CC3)cn2)nc(NC2CCCC2)n1. The molecule has 0 spiro atoms. The van der Waals surface area contributed by atoms with E-state index in [2.05, 4.69) is 35.5 Å². The van der Waals surface area contributed by atoms with E-state index in [-0.39, 0.29) is 0 Å². The first-order valence-electron chi connectivity index (χ1n) is 10.1. The number of thioether (sulfide) groups is 1. The third-order valence-electron chi connectivity index (χ3n) is 5.39. The van der Waals surface area contributed by atoms with Gasteiger partial charge in [-0.2, -0.15) is 15.0 Å². The molecule has 1 saturated carbocycles. The number of anilines is 4. The summed E-state index contributed by atoms with van der Waals surface area (Å²) in [5.74, 6) is 1.70. The first-order chi connectivity index (χ1) is 14.6. The molecule has 3 heterocycles. The molecule has 3 N–H and O–H groups in total. The Kier molecular flexibility index (Phi) is 6.36. The Morgan fingerprint density at radius 3 is 2.47 bits per heavy atom. The minimum atomic E-state index is -0.865. The Morgan fingerprint density at radius 1 is 1.10 bits per heavy atom. The highest BCUT2D eigenvalue weighted by atomic mass is 32.2. The highest BCUT2D eigenvalue weighted by molar-refractivity contribution is 7.98. The highest BCUT2D eigenvalue weighted by Gasteiger charge is 2.21. The van der Waals surface area contributed by atoms with Gasteiger partial charge in [0, 0.05) is 32.2 Å². The molecule has 1 amide bonds. The molecule has 11 heteroatoms. The summed E-state index contributed by atoms with van der Waals surface area (Å²) in [4.78, 5) is 32.5. The van der Waals surface area contributed by atoms with Crippen molar-refractivity contribution in [3.63, 3.8) is 0 Å². The third-order valence-corrected chi connectivity index (χ3v) is 5.94. The molecule has 4 rings (SSSR count). The number of rotatable bonds is 6. The van der Waals surface area contributed by atoms with Gasteiger partial charge in [0.05, 0.1) is 11.9 Å². The average molecular weight is 431 g/mol. The zero-order valence-electron chi connectivity index (χ0n) is 16.9. The summed E-state index contributed by atoms with van der Waals surface area (Å²) in [6.07, 6.45) is 7.63. The molecule has 1 aliphatic heterocycles. The number of amides is 1. The summed E-state index contributed by atoms with van der Waals surface area (Å²) < 4.78 is 0. The van der Waals surface area contributed by atoms with Crippen LogP contribution in [-0.2, 0) is 0 Å². The fourth-order valence-electron chi connectivity index (χ4n) is 3.74. The van der Waals surface area contributed by atoms with Gasteiger partial charge in [0.2, 0.25) is 11.9 Å². The maximum Gasteiger partial charge on any atom is 0.407 e. The van der Waals surface area contributed by atoms with Crippen LogP contribution in [0, 0.1) is 0 Å². The lowest BCUT2D eigenvalue weighted by Crippen LogP contribution is -2.48. The maximum atomic E-state index is 11.0. The molecule has 0 atom stereocenters. The van der Waals surface area contributed by atoms with Gasteiger partial charge in [-0.15, -0.1) is 0 Å². The smallest absolute Gasteiger partial charge is 0.407 e. The summed E-state index contributed by atoms with van der Waals surface area (Å²) in [7, 11) is 0. The van der Waals surface area contributed by atoms with E-state index in [0.29, 0.717) is 55.1 Å².